The van der Waals surface area contributed by atoms with Crippen LogP contribution in [0.4, 0.5) is 15.8 Å². The summed E-state index contributed by atoms with van der Waals surface area (Å²) in [6.45, 7) is 3.49. The number of benzene rings is 1. The number of hydrogen-bond acceptors (Lipinski definition) is 5. The van der Waals surface area contributed by atoms with Gasteiger partial charge in [-0.2, -0.15) is 5.26 Å². The van der Waals surface area contributed by atoms with E-state index < -0.39 is 11.8 Å². The summed E-state index contributed by atoms with van der Waals surface area (Å²) >= 11 is 0. The zero-order valence-electron chi connectivity index (χ0n) is 15.1. The number of rotatable bonds is 7. The van der Waals surface area contributed by atoms with Crippen LogP contribution in [-0.4, -0.2) is 25.5 Å². The lowest BCUT2D eigenvalue weighted by molar-refractivity contribution is -0.134. The number of nitriles is 1. The van der Waals surface area contributed by atoms with Crippen LogP contribution in [-0.2, 0) is 14.3 Å². The van der Waals surface area contributed by atoms with Crippen molar-refractivity contribution in [3.63, 3.8) is 0 Å². The minimum atomic E-state index is -0.608. The molecule has 1 aromatic rings. The Morgan fingerprint density at radius 3 is 2.62 bits per heavy atom. The third-order valence-corrected chi connectivity index (χ3v) is 4.45. The van der Waals surface area contributed by atoms with Gasteiger partial charge in [0, 0.05) is 31.4 Å². The number of amides is 1. The van der Waals surface area contributed by atoms with Crippen molar-refractivity contribution in [3.05, 3.63) is 29.6 Å². The van der Waals surface area contributed by atoms with Crippen LogP contribution in [0.3, 0.4) is 0 Å². The topological polar surface area (TPSA) is 91.2 Å². The zero-order valence-corrected chi connectivity index (χ0v) is 15.1. The SMILES string of the molecule is COC(=O)/C=C(\C)c1cc(F)c(NC(C)=O)c(NCC2(CC#N)CC2)c1. The molecule has 7 heteroatoms. The van der Waals surface area contributed by atoms with Crippen molar-refractivity contribution in [2.24, 2.45) is 5.41 Å². The summed E-state index contributed by atoms with van der Waals surface area (Å²) in [4.78, 5) is 22.8. The standard InChI is InChI=1S/C19H22FN3O3/c1-12(8-17(25)26-3)14-9-15(20)18(23-13(2)24)16(10-14)22-11-19(4-5-19)6-7-21/h8-10,22H,4-6,11H2,1-3H3,(H,23,24)/b12-8+. The lowest BCUT2D eigenvalue weighted by atomic mass is 10.0. The fraction of sp³-hybridized carbons (Fsp3) is 0.421. The van der Waals surface area contributed by atoms with Crippen LogP contribution in [0.5, 0.6) is 0 Å². The summed E-state index contributed by atoms with van der Waals surface area (Å²) in [5.41, 5.74) is 1.41. The predicted molar refractivity (Wildman–Crippen MR) is 96.8 cm³/mol. The Kier molecular flexibility index (Phi) is 5.98. The van der Waals surface area contributed by atoms with Crippen molar-refractivity contribution in [2.75, 3.05) is 24.3 Å². The molecule has 26 heavy (non-hydrogen) atoms. The maximum atomic E-state index is 14.6. The monoisotopic (exact) mass is 359 g/mol. The second-order valence-electron chi connectivity index (χ2n) is 6.60. The normalized spacial score (nSPS) is 15.0. The molecule has 0 spiro atoms. The van der Waals surface area contributed by atoms with Gasteiger partial charge in [0.1, 0.15) is 11.5 Å². The molecule has 0 atom stereocenters. The lowest BCUT2D eigenvalue weighted by Crippen LogP contribution is -2.17. The van der Waals surface area contributed by atoms with Gasteiger partial charge in [0.05, 0.1) is 18.9 Å². The van der Waals surface area contributed by atoms with Crippen LogP contribution < -0.4 is 10.6 Å². The predicted octanol–water partition coefficient (Wildman–Crippen LogP) is 3.47. The number of hydrogen-bond donors (Lipinski definition) is 2. The lowest BCUT2D eigenvalue weighted by Gasteiger charge is -2.18. The summed E-state index contributed by atoms with van der Waals surface area (Å²) in [5.74, 6) is -1.53. The average Bonchev–Trinajstić information content (AvgIpc) is 3.34. The van der Waals surface area contributed by atoms with E-state index in [0.717, 1.165) is 12.8 Å². The van der Waals surface area contributed by atoms with Crippen LogP contribution in [0.2, 0.25) is 0 Å². The molecule has 138 valence electrons. The number of methoxy groups -OCH3 is 1. The Labute approximate surface area is 152 Å². The van der Waals surface area contributed by atoms with Crippen molar-refractivity contribution in [1.82, 2.24) is 0 Å². The molecule has 0 unspecified atom stereocenters. The summed E-state index contributed by atoms with van der Waals surface area (Å²) in [5, 5.41) is 14.6. The molecular formula is C19H22FN3O3. The van der Waals surface area contributed by atoms with Crippen molar-refractivity contribution in [1.29, 1.82) is 5.26 Å². The fourth-order valence-electron chi connectivity index (χ4n) is 2.64. The first-order chi connectivity index (χ1) is 12.3. The smallest absolute Gasteiger partial charge is 0.330 e. The van der Waals surface area contributed by atoms with Gasteiger partial charge in [0.2, 0.25) is 5.91 Å². The second kappa shape index (κ2) is 8.00. The van der Waals surface area contributed by atoms with Gasteiger partial charge in [0.25, 0.3) is 0 Å². The van der Waals surface area contributed by atoms with Gasteiger partial charge in [-0.3, -0.25) is 4.79 Å². The maximum Gasteiger partial charge on any atom is 0.330 e. The molecule has 0 heterocycles. The van der Waals surface area contributed by atoms with Crippen LogP contribution in [0, 0.1) is 22.6 Å². The van der Waals surface area contributed by atoms with Gasteiger partial charge >= 0.3 is 5.97 Å². The second-order valence-corrected chi connectivity index (χ2v) is 6.60. The molecule has 2 rings (SSSR count). The Hall–Kier alpha value is -2.88. The number of allylic oxidation sites excluding steroid dienone is 1. The Morgan fingerprint density at radius 1 is 1.38 bits per heavy atom. The molecule has 2 N–H and O–H groups in total. The minimum absolute atomic E-state index is 0.0554. The van der Waals surface area contributed by atoms with Crippen molar-refractivity contribution in [2.45, 2.75) is 33.1 Å². The number of nitrogens with one attached hydrogen (secondary N) is 2. The molecule has 1 aliphatic rings. The molecule has 1 aromatic carbocycles. The van der Waals surface area contributed by atoms with Crippen LogP contribution in [0.15, 0.2) is 18.2 Å². The van der Waals surface area contributed by atoms with E-state index in [0.29, 0.717) is 29.8 Å². The number of ether oxygens (including phenoxy) is 1. The Morgan fingerprint density at radius 2 is 2.08 bits per heavy atom. The van der Waals surface area contributed by atoms with E-state index in [-0.39, 0.29) is 17.0 Å². The molecule has 0 aromatic heterocycles. The first-order valence-electron chi connectivity index (χ1n) is 8.29. The molecule has 0 aliphatic heterocycles. The highest BCUT2D eigenvalue weighted by Crippen LogP contribution is 2.48. The highest BCUT2D eigenvalue weighted by Gasteiger charge is 2.42. The van der Waals surface area contributed by atoms with Crippen LogP contribution in [0.25, 0.3) is 5.57 Å². The average molecular weight is 359 g/mol. The van der Waals surface area contributed by atoms with E-state index >= 15 is 0 Å². The van der Waals surface area contributed by atoms with Gasteiger partial charge in [-0.1, -0.05) is 0 Å². The zero-order chi connectivity index (χ0) is 19.3. The molecular weight excluding hydrogens is 337 g/mol. The third-order valence-electron chi connectivity index (χ3n) is 4.45. The van der Waals surface area contributed by atoms with Gasteiger partial charge in [0.15, 0.2) is 0 Å². The first kappa shape index (κ1) is 19.4. The van der Waals surface area contributed by atoms with E-state index in [1.165, 1.54) is 26.2 Å². The summed E-state index contributed by atoms with van der Waals surface area (Å²) < 4.78 is 19.2. The number of anilines is 2. The highest BCUT2D eigenvalue weighted by atomic mass is 19.1. The summed E-state index contributed by atoms with van der Waals surface area (Å²) in [6.07, 6.45) is 3.58. The quantitative estimate of drug-likeness (QED) is 0.575. The number of esters is 1. The van der Waals surface area contributed by atoms with E-state index in [4.69, 9.17) is 5.26 Å². The maximum absolute atomic E-state index is 14.6. The van der Waals surface area contributed by atoms with E-state index in [9.17, 15) is 14.0 Å². The van der Waals surface area contributed by atoms with E-state index in [1.807, 2.05) is 0 Å². The van der Waals surface area contributed by atoms with Gasteiger partial charge in [-0.15, -0.1) is 0 Å². The minimum Gasteiger partial charge on any atom is -0.466 e. The fourth-order valence-corrected chi connectivity index (χ4v) is 2.64. The van der Waals surface area contributed by atoms with E-state index in [2.05, 4.69) is 21.4 Å². The van der Waals surface area contributed by atoms with Gasteiger partial charge < -0.3 is 15.4 Å². The van der Waals surface area contributed by atoms with Gasteiger partial charge in [-0.25, -0.2) is 9.18 Å². The van der Waals surface area contributed by atoms with Crippen LogP contribution >= 0.6 is 0 Å². The molecule has 1 aliphatic carbocycles. The van der Waals surface area contributed by atoms with Crippen molar-refractivity contribution >= 4 is 28.8 Å². The number of halogens is 1. The molecule has 0 radical (unpaired) electrons. The number of nitrogens with zero attached hydrogens (tertiary/aromatic N) is 1. The number of carbonyl (C=O) groups is 2. The van der Waals surface area contributed by atoms with Crippen LogP contribution in [0.1, 0.15) is 38.7 Å². The van der Waals surface area contributed by atoms with Crippen molar-refractivity contribution in [3.8, 4) is 6.07 Å². The molecule has 1 fully saturated rings. The molecule has 6 nitrogen and oxygen atoms in total. The van der Waals surface area contributed by atoms with Gasteiger partial charge in [-0.05, 0) is 43.0 Å². The molecule has 0 saturated heterocycles. The van der Waals surface area contributed by atoms with Crippen molar-refractivity contribution < 1.29 is 18.7 Å². The van der Waals surface area contributed by atoms with E-state index in [1.54, 1.807) is 13.0 Å². The molecule has 0 bridgehead atoms. The largest absolute Gasteiger partial charge is 0.466 e. The molecule has 1 amide bonds. The molecule has 1 saturated carbocycles. The first-order valence-corrected chi connectivity index (χ1v) is 8.29. The highest BCUT2D eigenvalue weighted by molar-refractivity contribution is 5.95. The Balaban J connectivity index is 2.35. The Bertz CT molecular complexity index is 792. The summed E-state index contributed by atoms with van der Waals surface area (Å²) in [6, 6.07) is 5.11. The number of carbonyl (C=O) groups excluding carboxylic acids is 2. The summed E-state index contributed by atoms with van der Waals surface area (Å²) in [7, 11) is 1.27. The third kappa shape index (κ3) is 4.82.